The zero-order valence-corrected chi connectivity index (χ0v) is 18.1. The number of hydrogen-bond donors (Lipinski definition) is 1. The number of carbonyl (C=O) groups is 2. The molecule has 1 atom stereocenters. The average Bonchev–Trinajstić information content (AvgIpc) is 3.26. The number of aromatic nitrogens is 2. The van der Waals surface area contributed by atoms with Gasteiger partial charge in [0.25, 0.3) is 5.91 Å². The van der Waals surface area contributed by atoms with E-state index in [1.54, 1.807) is 25.9 Å². The van der Waals surface area contributed by atoms with E-state index in [-0.39, 0.29) is 11.7 Å². The number of fused-ring (bicyclic) bond motifs is 1. The summed E-state index contributed by atoms with van der Waals surface area (Å²) in [5.74, 6) is 5.29. The van der Waals surface area contributed by atoms with Gasteiger partial charge in [-0.1, -0.05) is 29.9 Å². The molecule has 2 aliphatic heterocycles. The third-order valence-corrected chi connectivity index (χ3v) is 6.46. The molecule has 0 spiro atoms. The van der Waals surface area contributed by atoms with Gasteiger partial charge in [-0.2, -0.15) is 5.10 Å². The van der Waals surface area contributed by atoms with Gasteiger partial charge in [0, 0.05) is 57.6 Å². The Morgan fingerprint density at radius 1 is 1.33 bits per heavy atom. The summed E-state index contributed by atoms with van der Waals surface area (Å²) in [6.45, 7) is 3.61. The lowest BCUT2D eigenvalue weighted by molar-refractivity contribution is -0.137. The largest absolute Gasteiger partial charge is 0.369 e. The monoisotopic (exact) mass is 424 g/mol. The van der Waals surface area contributed by atoms with Crippen LogP contribution in [0.2, 0.25) is 0 Å². The van der Waals surface area contributed by atoms with Gasteiger partial charge in [0.05, 0.1) is 11.4 Å². The van der Waals surface area contributed by atoms with Crippen molar-refractivity contribution in [3.05, 3.63) is 46.8 Å². The van der Waals surface area contributed by atoms with Gasteiger partial charge in [-0.25, -0.2) is 8.99 Å². The van der Waals surface area contributed by atoms with Crippen molar-refractivity contribution in [1.29, 1.82) is 0 Å². The predicted octanol–water partition coefficient (Wildman–Crippen LogP) is 1.66. The van der Waals surface area contributed by atoms with E-state index in [1.165, 1.54) is 4.90 Å². The molecule has 8 heteroatoms. The zero-order valence-electron chi connectivity index (χ0n) is 17.3. The van der Waals surface area contributed by atoms with E-state index in [0.29, 0.717) is 30.8 Å². The smallest absolute Gasteiger partial charge is 0.267 e. The molecule has 1 amide bonds. The van der Waals surface area contributed by atoms with Crippen LogP contribution < -0.4 is 0 Å². The Balaban J connectivity index is 1.70. The molecule has 1 aromatic carbocycles. The Morgan fingerprint density at radius 2 is 2.13 bits per heavy atom. The number of hydrogen-bond acceptors (Lipinski definition) is 6. The van der Waals surface area contributed by atoms with Gasteiger partial charge >= 0.3 is 0 Å². The van der Waals surface area contributed by atoms with Gasteiger partial charge in [-0.05, 0) is 24.5 Å². The molecule has 2 aliphatic rings. The number of ketones is 1. The van der Waals surface area contributed by atoms with Gasteiger partial charge in [0.1, 0.15) is 5.69 Å². The topological polar surface area (TPSA) is 78.7 Å². The second-order valence-electron chi connectivity index (χ2n) is 7.68. The van der Waals surface area contributed by atoms with Gasteiger partial charge in [-0.3, -0.25) is 9.59 Å². The van der Waals surface area contributed by atoms with Crippen LogP contribution in [0.25, 0.3) is 5.69 Å². The molecular formula is C22H24N4O3S. The van der Waals surface area contributed by atoms with E-state index in [4.69, 9.17) is 0 Å². The summed E-state index contributed by atoms with van der Waals surface area (Å²) >= 11 is 1.67. The summed E-state index contributed by atoms with van der Waals surface area (Å²) in [6, 6.07) is 7.50. The fourth-order valence-electron chi connectivity index (χ4n) is 3.91. The first-order chi connectivity index (χ1) is 14.3. The van der Waals surface area contributed by atoms with E-state index in [1.807, 2.05) is 35.2 Å². The molecule has 7 nitrogen and oxygen atoms in total. The summed E-state index contributed by atoms with van der Waals surface area (Å²) in [5.41, 5.74) is 2.39. The van der Waals surface area contributed by atoms with Crippen LogP contribution in [0.15, 0.2) is 24.3 Å². The van der Waals surface area contributed by atoms with Crippen molar-refractivity contribution in [2.45, 2.75) is 31.9 Å². The van der Waals surface area contributed by atoms with Crippen LogP contribution >= 0.6 is 11.9 Å². The molecule has 1 aromatic heterocycles. The Hall–Kier alpha value is -2.60. The van der Waals surface area contributed by atoms with Crippen molar-refractivity contribution in [1.82, 2.24) is 19.0 Å². The molecule has 3 heterocycles. The standard InChI is InChI=1S/C22H24N4O3S/c1-15(27)20-18-14-25(30-3)11-8-19(18)26(23-20)17-6-4-5-16(13-17)7-9-22(29)10-12-24(2)21(22)28/h4-6,13,29H,8,10-12,14H2,1-3H3/t22-/m0/s1. The van der Waals surface area contributed by atoms with Crippen molar-refractivity contribution in [3.63, 3.8) is 0 Å². The first-order valence-electron chi connectivity index (χ1n) is 9.85. The maximum absolute atomic E-state index is 12.2. The number of carbonyl (C=O) groups excluding carboxylic acids is 2. The number of likely N-dealkylation sites (tertiary alicyclic amines) is 1. The Labute approximate surface area is 180 Å². The highest BCUT2D eigenvalue weighted by Crippen LogP contribution is 2.28. The lowest BCUT2D eigenvalue weighted by atomic mass is 10.0. The highest BCUT2D eigenvalue weighted by molar-refractivity contribution is 7.96. The van der Waals surface area contributed by atoms with Crippen LogP contribution in [0.1, 0.15) is 40.7 Å². The summed E-state index contributed by atoms with van der Waals surface area (Å²) in [4.78, 5) is 25.8. The van der Waals surface area contributed by atoms with Crippen molar-refractivity contribution in [2.75, 3.05) is 26.4 Å². The normalized spacial score (nSPS) is 21.3. The number of nitrogens with zero attached hydrogens (tertiary/aromatic N) is 4. The van der Waals surface area contributed by atoms with Crippen LogP contribution in [-0.2, 0) is 17.8 Å². The van der Waals surface area contributed by atoms with E-state index >= 15 is 0 Å². The quantitative estimate of drug-likeness (QED) is 0.459. The molecule has 1 fully saturated rings. The molecule has 1 N–H and O–H groups in total. The molecule has 0 radical (unpaired) electrons. The maximum Gasteiger partial charge on any atom is 0.267 e. The van der Waals surface area contributed by atoms with Crippen LogP contribution in [0.4, 0.5) is 0 Å². The third-order valence-electron chi connectivity index (χ3n) is 5.63. The molecule has 2 aromatic rings. The first-order valence-corrected chi connectivity index (χ1v) is 11.0. The van der Waals surface area contributed by atoms with E-state index in [9.17, 15) is 14.7 Å². The van der Waals surface area contributed by atoms with Crippen molar-refractivity contribution >= 4 is 23.6 Å². The van der Waals surface area contributed by atoms with Crippen LogP contribution in [0.3, 0.4) is 0 Å². The number of Topliss-reactive ketones (excluding diaryl/α,β-unsaturated/α-hetero) is 1. The van der Waals surface area contributed by atoms with Crippen molar-refractivity contribution < 1.29 is 14.7 Å². The minimum absolute atomic E-state index is 0.0463. The van der Waals surface area contributed by atoms with Crippen LogP contribution in [0, 0.1) is 11.8 Å². The highest BCUT2D eigenvalue weighted by atomic mass is 32.2. The van der Waals surface area contributed by atoms with Crippen LogP contribution in [-0.4, -0.2) is 67.8 Å². The minimum Gasteiger partial charge on any atom is -0.369 e. The summed E-state index contributed by atoms with van der Waals surface area (Å²) in [6.07, 6.45) is 3.13. The number of rotatable bonds is 3. The SMILES string of the molecule is CSN1CCc2c(c(C(C)=O)nn2-c2cccc(C#C[C@]3(O)CCN(C)C3=O)c2)C1. The Bertz CT molecular complexity index is 1080. The Kier molecular flexibility index (Phi) is 5.45. The number of aliphatic hydroxyl groups is 1. The molecule has 0 aliphatic carbocycles. The molecule has 0 unspecified atom stereocenters. The fraction of sp³-hybridized carbons (Fsp3) is 0.409. The molecule has 30 heavy (non-hydrogen) atoms. The molecule has 0 saturated carbocycles. The second-order valence-corrected chi connectivity index (χ2v) is 8.56. The van der Waals surface area contributed by atoms with Crippen molar-refractivity contribution in [2.24, 2.45) is 0 Å². The van der Waals surface area contributed by atoms with E-state index in [0.717, 1.165) is 29.9 Å². The molecular weight excluding hydrogens is 400 g/mol. The average molecular weight is 425 g/mol. The van der Waals surface area contributed by atoms with Gasteiger partial charge in [0.15, 0.2) is 5.78 Å². The summed E-state index contributed by atoms with van der Waals surface area (Å²) < 4.78 is 4.05. The number of benzene rings is 1. The lowest BCUT2D eigenvalue weighted by Gasteiger charge is -2.25. The van der Waals surface area contributed by atoms with E-state index in [2.05, 4.69) is 21.2 Å². The minimum atomic E-state index is -1.63. The maximum atomic E-state index is 12.2. The van der Waals surface area contributed by atoms with Crippen molar-refractivity contribution in [3.8, 4) is 17.5 Å². The lowest BCUT2D eigenvalue weighted by Crippen LogP contribution is -2.37. The highest BCUT2D eigenvalue weighted by Gasteiger charge is 2.42. The fourth-order valence-corrected chi connectivity index (χ4v) is 4.44. The van der Waals surface area contributed by atoms with Gasteiger partial charge < -0.3 is 10.0 Å². The number of amides is 1. The van der Waals surface area contributed by atoms with E-state index < -0.39 is 5.60 Å². The third kappa shape index (κ3) is 3.65. The van der Waals surface area contributed by atoms with Gasteiger partial charge in [-0.15, -0.1) is 0 Å². The van der Waals surface area contributed by atoms with Crippen LogP contribution in [0.5, 0.6) is 0 Å². The second kappa shape index (κ2) is 7.91. The molecule has 0 bridgehead atoms. The van der Waals surface area contributed by atoms with Gasteiger partial charge in [0.2, 0.25) is 5.60 Å². The predicted molar refractivity (Wildman–Crippen MR) is 115 cm³/mol. The summed E-state index contributed by atoms with van der Waals surface area (Å²) in [5, 5.41) is 15.1. The summed E-state index contributed by atoms with van der Waals surface area (Å²) in [7, 11) is 1.66. The number of likely N-dealkylation sites (N-methyl/N-ethyl adjacent to an activating group) is 1. The zero-order chi connectivity index (χ0) is 21.5. The molecule has 1 saturated heterocycles. The molecule has 4 rings (SSSR count). The first kappa shape index (κ1) is 20.7. The Morgan fingerprint density at radius 3 is 2.80 bits per heavy atom. The molecule has 156 valence electrons.